The number of fused-ring (bicyclic) bond motifs is 2. The van der Waals surface area contributed by atoms with Gasteiger partial charge in [-0.1, -0.05) is 19.4 Å². The van der Waals surface area contributed by atoms with Crippen LogP contribution in [0.2, 0.25) is 0 Å². The maximum absolute atomic E-state index is 13.2. The molecule has 11 nitrogen and oxygen atoms in total. The highest BCUT2D eigenvalue weighted by molar-refractivity contribution is 6.27. The molecule has 240 valence electrons. The smallest absolute Gasteiger partial charge is 0.414 e. The SMILES string of the molecule is CCC(CCCN1C2CCCC1CC(N(C(=O)O)c1cc(C)ccc1OC)C2)NC(=O)c1ccc(F)cc1.O=C(O)C(=O)O. The van der Waals surface area contributed by atoms with E-state index in [2.05, 4.69) is 17.1 Å². The Hall–Kier alpha value is -4.19. The number of halogens is 1. The molecule has 2 bridgehead atoms. The molecule has 2 aliphatic rings. The van der Waals surface area contributed by atoms with Crippen molar-refractivity contribution in [3.8, 4) is 5.75 Å². The minimum Gasteiger partial charge on any atom is -0.495 e. The molecule has 3 atom stereocenters. The van der Waals surface area contributed by atoms with Crippen LogP contribution in [0.4, 0.5) is 14.9 Å². The van der Waals surface area contributed by atoms with Crippen LogP contribution in [0.5, 0.6) is 5.75 Å². The van der Waals surface area contributed by atoms with E-state index in [1.807, 2.05) is 25.1 Å². The van der Waals surface area contributed by atoms with Crippen LogP contribution < -0.4 is 15.0 Å². The third-order valence-electron chi connectivity index (χ3n) is 8.35. The number of ether oxygens (including phenoxy) is 1. The molecule has 2 fully saturated rings. The van der Waals surface area contributed by atoms with Gasteiger partial charge < -0.3 is 25.4 Å². The quantitative estimate of drug-likeness (QED) is 0.265. The number of carbonyl (C=O) groups is 4. The summed E-state index contributed by atoms with van der Waals surface area (Å²) in [5, 5.41) is 28.1. The Morgan fingerprint density at radius 2 is 1.64 bits per heavy atom. The van der Waals surface area contributed by atoms with Gasteiger partial charge in [0.2, 0.25) is 0 Å². The Labute approximate surface area is 256 Å². The van der Waals surface area contributed by atoms with Crippen molar-refractivity contribution in [1.29, 1.82) is 0 Å². The molecule has 2 aromatic rings. The van der Waals surface area contributed by atoms with E-state index in [0.29, 0.717) is 29.1 Å². The Bertz CT molecular complexity index is 1280. The molecule has 2 amide bonds. The fourth-order valence-electron chi connectivity index (χ4n) is 6.24. The lowest BCUT2D eigenvalue weighted by atomic mass is 9.80. The number of hydrogen-bond acceptors (Lipinski definition) is 6. The molecular weight excluding hydrogens is 573 g/mol. The second-order valence-corrected chi connectivity index (χ2v) is 11.3. The van der Waals surface area contributed by atoms with Crippen molar-refractivity contribution < 1.29 is 43.6 Å². The number of methoxy groups -OCH3 is 1. The average Bonchev–Trinajstić information content (AvgIpc) is 2.97. The summed E-state index contributed by atoms with van der Waals surface area (Å²) < 4.78 is 18.7. The molecule has 4 N–H and O–H groups in total. The first kappa shape index (κ1) is 34.3. The van der Waals surface area contributed by atoms with Crippen LogP contribution >= 0.6 is 0 Å². The molecular formula is C32H42FN3O8. The first-order valence-corrected chi connectivity index (χ1v) is 14.9. The number of carboxylic acid groups (broad SMARTS) is 3. The van der Waals surface area contributed by atoms with Crippen LogP contribution in [0.15, 0.2) is 42.5 Å². The van der Waals surface area contributed by atoms with E-state index in [-0.39, 0.29) is 23.8 Å². The van der Waals surface area contributed by atoms with E-state index in [0.717, 1.165) is 57.1 Å². The molecule has 2 heterocycles. The van der Waals surface area contributed by atoms with E-state index in [1.54, 1.807) is 7.11 Å². The second kappa shape index (κ2) is 16.0. The van der Waals surface area contributed by atoms with Gasteiger partial charge in [0, 0.05) is 29.7 Å². The summed E-state index contributed by atoms with van der Waals surface area (Å²) in [5.74, 6) is -3.59. The van der Waals surface area contributed by atoms with Gasteiger partial charge >= 0.3 is 18.0 Å². The van der Waals surface area contributed by atoms with Gasteiger partial charge in [-0.15, -0.1) is 0 Å². The minimum atomic E-state index is -1.82. The second-order valence-electron chi connectivity index (χ2n) is 11.3. The predicted octanol–water partition coefficient (Wildman–Crippen LogP) is 5.16. The zero-order chi connectivity index (χ0) is 32.4. The zero-order valence-electron chi connectivity index (χ0n) is 25.4. The lowest BCUT2D eigenvalue weighted by Crippen LogP contribution is -2.58. The summed E-state index contributed by atoms with van der Waals surface area (Å²) in [4.78, 5) is 47.4. The van der Waals surface area contributed by atoms with Crippen LogP contribution in [0.3, 0.4) is 0 Å². The molecule has 2 aliphatic heterocycles. The molecule has 0 aliphatic carbocycles. The Morgan fingerprint density at radius 3 is 2.16 bits per heavy atom. The normalized spacial score (nSPS) is 20.0. The van der Waals surface area contributed by atoms with Crippen LogP contribution in [0.25, 0.3) is 0 Å². The fraction of sp³-hybridized carbons (Fsp3) is 0.500. The molecule has 3 unspecified atom stereocenters. The lowest BCUT2D eigenvalue weighted by molar-refractivity contribution is -0.159. The first-order chi connectivity index (χ1) is 20.9. The van der Waals surface area contributed by atoms with Crippen molar-refractivity contribution in [2.45, 2.75) is 89.4 Å². The Balaban J connectivity index is 0.000000801. The van der Waals surface area contributed by atoms with Crippen molar-refractivity contribution in [3.05, 3.63) is 59.4 Å². The van der Waals surface area contributed by atoms with Crippen molar-refractivity contribution in [2.24, 2.45) is 0 Å². The molecule has 0 radical (unpaired) electrons. The highest BCUT2D eigenvalue weighted by Gasteiger charge is 2.42. The molecule has 44 heavy (non-hydrogen) atoms. The largest absolute Gasteiger partial charge is 0.495 e. The van der Waals surface area contributed by atoms with Gasteiger partial charge in [-0.3, -0.25) is 14.6 Å². The Kier molecular flexibility index (Phi) is 12.5. The van der Waals surface area contributed by atoms with E-state index in [1.165, 1.54) is 35.6 Å². The molecule has 2 saturated heterocycles. The summed E-state index contributed by atoms with van der Waals surface area (Å²) in [6.45, 7) is 4.97. The van der Waals surface area contributed by atoms with Gasteiger partial charge in [0.15, 0.2) is 0 Å². The summed E-state index contributed by atoms with van der Waals surface area (Å²) in [6.07, 6.45) is 6.63. The minimum absolute atomic E-state index is 0.0567. The highest BCUT2D eigenvalue weighted by atomic mass is 19.1. The van der Waals surface area contributed by atoms with Gasteiger partial charge in [0.25, 0.3) is 5.91 Å². The van der Waals surface area contributed by atoms with Gasteiger partial charge in [0.1, 0.15) is 11.6 Å². The van der Waals surface area contributed by atoms with Gasteiger partial charge in [-0.05, 0) is 100 Å². The Morgan fingerprint density at radius 1 is 1.02 bits per heavy atom. The molecule has 2 aromatic carbocycles. The number of piperidine rings is 2. The maximum atomic E-state index is 13.2. The molecule has 0 saturated carbocycles. The standard InChI is InChI=1S/C30H40FN3O4.C2H2O4/c1-4-23(32-29(35)21-11-13-22(31)14-12-21)7-6-16-33-24-8-5-9-25(33)19-26(18-24)34(30(36)37)27-17-20(2)10-15-28(27)38-3;3-1(4)2(5)6/h10-15,17,23-26H,4-9,16,18-19H2,1-3H3,(H,32,35)(H,36,37);(H,3,4)(H,5,6). The number of benzene rings is 2. The van der Waals surface area contributed by atoms with Crippen LogP contribution in [0, 0.1) is 12.7 Å². The number of anilines is 1. The monoisotopic (exact) mass is 615 g/mol. The summed E-state index contributed by atoms with van der Waals surface area (Å²) in [7, 11) is 1.58. The number of nitrogens with zero attached hydrogens (tertiary/aromatic N) is 2. The molecule has 4 rings (SSSR count). The van der Waals surface area contributed by atoms with Crippen molar-refractivity contribution in [3.63, 3.8) is 0 Å². The van der Waals surface area contributed by atoms with E-state index in [4.69, 9.17) is 24.5 Å². The highest BCUT2D eigenvalue weighted by Crippen LogP contribution is 2.40. The van der Waals surface area contributed by atoms with E-state index < -0.39 is 18.0 Å². The first-order valence-electron chi connectivity index (χ1n) is 14.9. The number of carbonyl (C=O) groups excluding carboxylic acids is 1. The van der Waals surface area contributed by atoms with Gasteiger partial charge in [-0.25, -0.2) is 18.8 Å². The lowest BCUT2D eigenvalue weighted by Gasteiger charge is -2.51. The van der Waals surface area contributed by atoms with Gasteiger partial charge in [0.05, 0.1) is 12.8 Å². The third-order valence-corrected chi connectivity index (χ3v) is 8.35. The topological polar surface area (TPSA) is 157 Å². The van der Waals surface area contributed by atoms with Crippen LogP contribution in [-0.2, 0) is 9.59 Å². The van der Waals surface area contributed by atoms with E-state index >= 15 is 0 Å². The molecule has 12 heteroatoms. The summed E-state index contributed by atoms with van der Waals surface area (Å²) in [5.41, 5.74) is 2.09. The van der Waals surface area contributed by atoms with Crippen LogP contribution in [0.1, 0.15) is 74.2 Å². The maximum Gasteiger partial charge on any atom is 0.414 e. The number of hydrogen-bond donors (Lipinski definition) is 4. The number of nitrogens with one attached hydrogen (secondary N) is 1. The van der Waals surface area contributed by atoms with Crippen LogP contribution in [-0.4, -0.2) is 82.0 Å². The number of rotatable bonds is 10. The molecule has 0 aromatic heterocycles. The summed E-state index contributed by atoms with van der Waals surface area (Å²) in [6, 6.07) is 12.0. The van der Waals surface area contributed by atoms with Crippen molar-refractivity contribution >= 4 is 29.6 Å². The number of amides is 2. The number of aliphatic carboxylic acids is 2. The van der Waals surface area contributed by atoms with E-state index in [9.17, 15) is 19.1 Å². The summed E-state index contributed by atoms with van der Waals surface area (Å²) >= 11 is 0. The van der Waals surface area contributed by atoms with Crippen molar-refractivity contribution in [1.82, 2.24) is 10.2 Å². The zero-order valence-corrected chi connectivity index (χ0v) is 25.4. The average molecular weight is 616 g/mol. The molecule has 0 spiro atoms. The van der Waals surface area contributed by atoms with Gasteiger partial charge in [-0.2, -0.15) is 0 Å². The predicted molar refractivity (Wildman–Crippen MR) is 162 cm³/mol. The fourth-order valence-corrected chi connectivity index (χ4v) is 6.24. The van der Waals surface area contributed by atoms with Crippen molar-refractivity contribution in [2.75, 3.05) is 18.6 Å². The third kappa shape index (κ3) is 9.15. The number of aryl methyl sites for hydroxylation is 1. The number of carboxylic acids is 2.